The maximum Gasteiger partial charge on any atom is 0.461 e. The van der Waals surface area contributed by atoms with Gasteiger partial charge in [-0.3, -0.25) is 4.57 Å². The number of nitrogens with one attached hydrogen (secondary N) is 3. The molecule has 1 aliphatic carbocycles. The van der Waals surface area contributed by atoms with E-state index < -0.39 is 22.7 Å². The highest BCUT2D eigenvalue weighted by Crippen LogP contribution is 2.46. The summed E-state index contributed by atoms with van der Waals surface area (Å²) < 4.78 is 49.2. The summed E-state index contributed by atoms with van der Waals surface area (Å²) in [7, 11) is 0. The highest BCUT2D eigenvalue weighted by molar-refractivity contribution is 8.01. The second-order valence-electron chi connectivity index (χ2n) is 12.9. The highest BCUT2D eigenvalue weighted by atomic mass is 32.2. The number of alkyl carbamates (subject to hydrolysis) is 1. The van der Waals surface area contributed by atoms with Crippen LogP contribution in [0.25, 0.3) is 39.6 Å². The lowest BCUT2D eigenvalue weighted by Crippen LogP contribution is -2.52. The molecule has 3 heterocycles. The Kier molecular flexibility index (Phi) is 7.86. The molecule has 0 atom stereocenters. The van der Waals surface area contributed by atoms with Crippen LogP contribution in [-0.2, 0) is 10.3 Å². The molecule has 1 aliphatic heterocycles. The average molecular weight is 671 g/mol. The number of amides is 1. The van der Waals surface area contributed by atoms with E-state index in [9.17, 15) is 18.0 Å². The van der Waals surface area contributed by atoms with Crippen LogP contribution in [0.4, 0.5) is 35.2 Å². The molecule has 1 saturated carbocycles. The van der Waals surface area contributed by atoms with Crippen LogP contribution in [0, 0.1) is 0 Å². The molecule has 0 radical (unpaired) electrons. The molecule has 0 spiro atoms. The van der Waals surface area contributed by atoms with Gasteiger partial charge in [-0.1, -0.05) is 48.5 Å². The van der Waals surface area contributed by atoms with Crippen molar-refractivity contribution in [1.82, 2.24) is 19.9 Å². The Labute approximate surface area is 280 Å². The van der Waals surface area contributed by atoms with E-state index in [2.05, 4.69) is 20.3 Å². The molecule has 12 heteroatoms. The summed E-state index contributed by atoms with van der Waals surface area (Å²) in [6.07, 6.45) is 3.81. The number of fused-ring (bicyclic) bond motifs is 5. The lowest BCUT2D eigenvalue weighted by Gasteiger charge is -2.43. The number of pyridine rings is 1. The van der Waals surface area contributed by atoms with E-state index in [1.807, 2.05) is 92.1 Å². The van der Waals surface area contributed by atoms with Crippen LogP contribution in [0.3, 0.4) is 0 Å². The molecule has 2 aromatic heterocycles. The summed E-state index contributed by atoms with van der Waals surface area (Å²) in [6.45, 7) is 5.51. The van der Waals surface area contributed by atoms with Crippen molar-refractivity contribution in [3.05, 3.63) is 96.7 Å². The minimum atomic E-state index is -4.45. The number of anilines is 3. The molecule has 8 nitrogen and oxygen atoms in total. The molecule has 7 rings (SSSR count). The van der Waals surface area contributed by atoms with Crippen molar-refractivity contribution in [2.24, 2.45) is 0 Å². The van der Waals surface area contributed by atoms with Crippen molar-refractivity contribution in [2.45, 2.75) is 56.7 Å². The molecule has 3 N–H and O–H groups in total. The highest BCUT2D eigenvalue weighted by Gasteiger charge is 2.41. The number of imidazole rings is 1. The van der Waals surface area contributed by atoms with Gasteiger partial charge in [0.05, 0.1) is 40.2 Å². The first kappa shape index (κ1) is 31.6. The SMILES string of the molecule is CC(C)(C)OC(=O)NC1(c2ccc(-c3c(-c4cccc(NSC(F)(F)F)c4)nc4n3-c3cccnc3Nc3ccccc3-4)cc2)CCC1. The normalized spacial score (nSPS) is 14.7. The molecule has 0 saturated heterocycles. The van der Waals surface area contributed by atoms with Gasteiger partial charge in [-0.05, 0) is 82.0 Å². The number of ether oxygens (including phenoxy) is 1. The number of hydrogen-bond donors (Lipinski definition) is 3. The van der Waals surface area contributed by atoms with Crippen molar-refractivity contribution in [3.8, 4) is 39.6 Å². The van der Waals surface area contributed by atoms with Gasteiger partial charge in [-0.2, -0.15) is 13.2 Å². The Balaban J connectivity index is 1.38. The van der Waals surface area contributed by atoms with Gasteiger partial charge < -0.3 is 20.1 Å². The summed E-state index contributed by atoms with van der Waals surface area (Å²) in [5, 5.41) is 6.57. The van der Waals surface area contributed by atoms with E-state index >= 15 is 0 Å². The van der Waals surface area contributed by atoms with E-state index in [1.165, 1.54) is 0 Å². The standard InChI is InChI=1S/C36H33F3N6O2S/c1-34(2,3)47-33(46)43-35(18-8-19-35)24-16-14-22(15-17-24)30-29(23-9-6-10-25(21-23)44-48-36(37,38)39)42-32-26-11-4-5-12-27(26)41-31-28(45(30)32)13-7-20-40-31/h4-7,9-17,20-21,44H,8,18-19H2,1-3H3,(H,40,41)(H,43,46). The van der Waals surface area contributed by atoms with Crippen LogP contribution in [0.5, 0.6) is 0 Å². The molecular weight excluding hydrogens is 637 g/mol. The zero-order valence-electron chi connectivity index (χ0n) is 26.5. The summed E-state index contributed by atoms with van der Waals surface area (Å²) >= 11 is -0.310. The van der Waals surface area contributed by atoms with Crippen molar-refractivity contribution >= 4 is 35.2 Å². The number of aromatic nitrogens is 3. The number of rotatable bonds is 6. The fraction of sp³-hybridized carbons (Fsp3) is 0.250. The van der Waals surface area contributed by atoms with Crippen LogP contribution in [-0.4, -0.2) is 31.7 Å². The molecule has 1 amide bonds. The number of benzene rings is 3. The number of halogens is 3. The first-order valence-electron chi connectivity index (χ1n) is 15.6. The molecule has 2 aliphatic rings. The lowest BCUT2D eigenvalue weighted by molar-refractivity contribution is -0.0324. The number of nitrogens with zero attached hydrogens (tertiary/aromatic N) is 3. The third-order valence-electron chi connectivity index (χ3n) is 8.40. The van der Waals surface area contributed by atoms with E-state index in [4.69, 9.17) is 9.72 Å². The largest absolute Gasteiger partial charge is 0.461 e. The Morgan fingerprint density at radius 2 is 1.73 bits per heavy atom. The monoisotopic (exact) mass is 670 g/mol. The number of carbonyl (C=O) groups excluding carboxylic acids is 1. The molecule has 48 heavy (non-hydrogen) atoms. The Morgan fingerprint density at radius 3 is 2.44 bits per heavy atom. The topological polar surface area (TPSA) is 93.1 Å². The fourth-order valence-electron chi connectivity index (χ4n) is 6.20. The van der Waals surface area contributed by atoms with Crippen molar-refractivity contribution in [3.63, 3.8) is 0 Å². The van der Waals surface area contributed by atoms with Crippen LogP contribution in [0.1, 0.15) is 45.6 Å². The smallest absolute Gasteiger partial charge is 0.444 e. The Morgan fingerprint density at radius 1 is 0.958 bits per heavy atom. The quantitative estimate of drug-likeness (QED) is 0.152. The molecule has 0 unspecified atom stereocenters. The fourth-order valence-corrected chi connectivity index (χ4v) is 6.56. The van der Waals surface area contributed by atoms with Gasteiger partial charge in [0, 0.05) is 28.6 Å². The zero-order valence-corrected chi connectivity index (χ0v) is 27.3. The van der Waals surface area contributed by atoms with Crippen LogP contribution >= 0.6 is 11.9 Å². The summed E-state index contributed by atoms with van der Waals surface area (Å²) in [5.74, 6) is 1.29. The molecule has 3 aromatic carbocycles. The van der Waals surface area contributed by atoms with Crippen LogP contribution in [0.2, 0.25) is 0 Å². The third kappa shape index (κ3) is 6.19. The Bertz CT molecular complexity index is 2000. The third-order valence-corrected chi connectivity index (χ3v) is 8.97. The number of alkyl halides is 3. The van der Waals surface area contributed by atoms with Crippen molar-refractivity contribution < 1.29 is 22.7 Å². The maximum atomic E-state index is 13.1. The number of hydrogen-bond acceptors (Lipinski definition) is 7. The van der Waals surface area contributed by atoms with Gasteiger partial charge in [-0.25, -0.2) is 14.8 Å². The molecule has 1 fully saturated rings. The molecule has 0 bridgehead atoms. The van der Waals surface area contributed by atoms with Crippen LogP contribution < -0.4 is 15.4 Å². The maximum absolute atomic E-state index is 13.1. The molecule has 5 aromatic rings. The van der Waals surface area contributed by atoms with E-state index in [0.717, 1.165) is 53.0 Å². The van der Waals surface area contributed by atoms with Gasteiger partial charge in [0.15, 0.2) is 5.82 Å². The first-order chi connectivity index (χ1) is 22.9. The van der Waals surface area contributed by atoms with E-state index in [0.29, 0.717) is 28.6 Å². The van der Waals surface area contributed by atoms with Crippen molar-refractivity contribution in [2.75, 3.05) is 10.0 Å². The second-order valence-corrected chi connectivity index (χ2v) is 13.8. The van der Waals surface area contributed by atoms with E-state index in [1.54, 1.807) is 24.4 Å². The second kappa shape index (κ2) is 11.9. The zero-order chi connectivity index (χ0) is 33.7. The van der Waals surface area contributed by atoms with Gasteiger partial charge >= 0.3 is 11.6 Å². The van der Waals surface area contributed by atoms with Gasteiger partial charge in [0.25, 0.3) is 0 Å². The Hall–Kier alpha value is -4.97. The summed E-state index contributed by atoms with van der Waals surface area (Å²) in [6, 6.07) is 26.5. The minimum Gasteiger partial charge on any atom is -0.444 e. The summed E-state index contributed by atoms with van der Waals surface area (Å²) in [4.78, 5) is 22.6. The molecule has 246 valence electrons. The van der Waals surface area contributed by atoms with Crippen molar-refractivity contribution in [1.29, 1.82) is 0 Å². The predicted molar refractivity (Wildman–Crippen MR) is 183 cm³/mol. The summed E-state index contributed by atoms with van der Waals surface area (Å²) in [5.41, 5.74) is 0.902. The predicted octanol–water partition coefficient (Wildman–Crippen LogP) is 9.81. The first-order valence-corrected chi connectivity index (χ1v) is 16.4. The van der Waals surface area contributed by atoms with Gasteiger partial charge in [0.2, 0.25) is 0 Å². The average Bonchev–Trinajstić information content (AvgIpc) is 3.35. The van der Waals surface area contributed by atoms with E-state index in [-0.39, 0.29) is 11.9 Å². The van der Waals surface area contributed by atoms with Gasteiger partial charge in [-0.15, -0.1) is 0 Å². The number of para-hydroxylation sites is 1. The lowest BCUT2D eigenvalue weighted by atomic mass is 9.71. The van der Waals surface area contributed by atoms with Crippen LogP contribution in [0.15, 0.2) is 91.1 Å². The molecular formula is C36H33F3N6O2S. The minimum absolute atomic E-state index is 0.295. The van der Waals surface area contributed by atoms with Gasteiger partial charge in [0.1, 0.15) is 11.4 Å². The number of carbonyl (C=O) groups is 1.